The maximum atomic E-state index is 12.0. The Morgan fingerprint density at radius 1 is 1.50 bits per heavy atom. The van der Waals surface area contributed by atoms with Gasteiger partial charge in [-0.05, 0) is 6.92 Å². The first-order valence-electron chi connectivity index (χ1n) is 2.23. The molecule has 1 aromatic rings. The van der Waals surface area contributed by atoms with Gasteiger partial charge >= 0.3 is 0 Å². The highest BCUT2D eigenvalue weighted by atomic mass is 19.1. The summed E-state index contributed by atoms with van der Waals surface area (Å²) in [7, 11) is 0. The molecule has 0 amide bonds. The van der Waals surface area contributed by atoms with Crippen molar-refractivity contribution in [1.82, 2.24) is 9.97 Å². The maximum absolute atomic E-state index is 12.0. The van der Waals surface area contributed by atoms with E-state index in [2.05, 4.69) is 9.97 Å². The summed E-state index contributed by atoms with van der Waals surface area (Å²) in [4.78, 5) is 6.95. The smallest absolute Gasteiger partial charge is 0.216 e. The molecule has 0 aliphatic rings. The number of hydrogen-bond acceptors (Lipinski definition) is 2. The van der Waals surface area contributed by atoms with Crippen LogP contribution in [0.15, 0.2) is 12.4 Å². The summed E-state index contributed by atoms with van der Waals surface area (Å²) in [5, 5.41) is 0. The summed E-state index contributed by atoms with van der Waals surface area (Å²) in [5.74, 6) is -0.475. The first-order chi connectivity index (χ1) is 3.79. The average molecular weight is 112 g/mol. The summed E-state index contributed by atoms with van der Waals surface area (Å²) in [6, 6.07) is 1.28. The fourth-order valence-corrected chi connectivity index (χ4v) is 0.422. The Hall–Kier alpha value is -0.990. The Bertz CT molecular complexity index is 170. The van der Waals surface area contributed by atoms with Gasteiger partial charge in [0, 0.05) is 11.8 Å². The normalized spacial score (nSPS) is 9.25. The molecule has 0 aliphatic heterocycles. The van der Waals surface area contributed by atoms with E-state index < -0.39 is 5.95 Å². The molecule has 0 saturated heterocycles. The van der Waals surface area contributed by atoms with Crippen molar-refractivity contribution in [3.05, 3.63) is 24.0 Å². The molecule has 0 fully saturated rings. The molecule has 1 aromatic heterocycles. The molecule has 0 bridgehead atoms. The molecule has 0 aromatic carbocycles. The quantitative estimate of drug-likeness (QED) is 0.466. The van der Waals surface area contributed by atoms with Gasteiger partial charge in [-0.1, -0.05) is 0 Å². The minimum Gasteiger partial charge on any atom is -0.241 e. The fourth-order valence-electron chi connectivity index (χ4n) is 0.422. The maximum Gasteiger partial charge on any atom is 0.216 e. The van der Waals surface area contributed by atoms with E-state index >= 15 is 0 Å². The van der Waals surface area contributed by atoms with Crippen LogP contribution in [0, 0.1) is 12.9 Å². The lowest BCUT2D eigenvalue weighted by atomic mass is 10.5. The molecule has 1 rings (SSSR count). The summed E-state index contributed by atoms with van der Waals surface area (Å²) in [6.07, 6.45) is 1.20. The second kappa shape index (κ2) is 1.86. The SMILES string of the molecule is Cc1cc(F)ncn1. The number of rotatable bonds is 0. The third-order valence-corrected chi connectivity index (χ3v) is 0.770. The van der Waals surface area contributed by atoms with Crippen LogP contribution in [-0.4, -0.2) is 9.97 Å². The van der Waals surface area contributed by atoms with Crippen molar-refractivity contribution in [1.29, 1.82) is 0 Å². The number of aryl methyl sites for hydroxylation is 1. The van der Waals surface area contributed by atoms with Crippen molar-refractivity contribution in [2.75, 3.05) is 0 Å². The van der Waals surface area contributed by atoms with Crippen LogP contribution in [-0.2, 0) is 0 Å². The Balaban J connectivity index is 3.08. The Morgan fingerprint density at radius 3 is 2.62 bits per heavy atom. The van der Waals surface area contributed by atoms with Gasteiger partial charge in [-0.3, -0.25) is 0 Å². The molecule has 0 unspecified atom stereocenters. The molecule has 0 atom stereocenters. The number of aromatic nitrogens is 2. The average Bonchev–Trinajstić information content (AvgIpc) is 1.64. The van der Waals surface area contributed by atoms with Crippen LogP contribution in [0.4, 0.5) is 4.39 Å². The molecule has 0 saturated carbocycles. The molecule has 1 heterocycles. The van der Waals surface area contributed by atoms with Gasteiger partial charge in [-0.25, -0.2) is 9.97 Å². The van der Waals surface area contributed by atoms with Crippen molar-refractivity contribution in [2.45, 2.75) is 6.92 Å². The Morgan fingerprint density at radius 2 is 2.25 bits per heavy atom. The zero-order valence-electron chi connectivity index (χ0n) is 4.43. The molecular weight excluding hydrogens is 107 g/mol. The van der Waals surface area contributed by atoms with Crippen LogP contribution in [0.1, 0.15) is 5.69 Å². The number of nitrogens with zero attached hydrogens (tertiary/aromatic N) is 2. The molecule has 3 heteroatoms. The molecule has 0 aliphatic carbocycles. The zero-order chi connectivity index (χ0) is 5.98. The van der Waals surface area contributed by atoms with Gasteiger partial charge in [-0.15, -0.1) is 0 Å². The first kappa shape index (κ1) is 5.15. The first-order valence-corrected chi connectivity index (χ1v) is 2.23. The van der Waals surface area contributed by atoms with E-state index in [0.717, 1.165) is 0 Å². The Kier molecular flexibility index (Phi) is 1.20. The van der Waals surface area contributed by atoms with Crippen LogP contribution in [0.3, 0.4) is 0 Å². The highest BCUT2D eigenvalue weighted by molar-refractivity contribution is 4.95. The van der Waals surface area contributed by atoms with Crippen LogP contribution in [0.2, 0.25) is 0 Å². The largest absolute Gasteiger partial charge is 0.241 e. The van der Waals surface area contributed by atoms with Crippen LogP contribution >= 0.6 is 0 Å². The van der Waals surface area contributed by atoms with Gasteiger partial charge in [0.05, 0.1) is 0 Å². The topological polar surface area (TPSA) is 25.8 Å². The molecule has 42 valence electrons. The molecule has 0 spiro atoms. The zero-order valence-corrected chi connectivity index (χ0v) is 4.43. The highest BCUT2D eigenvalue weighted by Crippen LogP contribution is 1.91. The highest BCUT2D eigenvalue weighted by Gasteiger charge is 1.87. The molecule has 8 heavy (non-hydrogen) atoms. The summed E-state index contributed by atoms with van der Waals surface area (Å²) in [6.45, 7) is 1.71. The molecule has 2 nitrogen and oxygen atoms in total. The van der Waals surface area contributed by atoms with Gasteiger partial charge in [0.15, 0.2) is 0 Å². The molecular formula is C5H5FN2. The fraction of sp³-hybridized carbons (Fsp3) is 0.200. The standard InChI is InChI=1S/C5H5FN2/c1-4-2-5(6)8-3-7-4/h2-3H,1H3. The van der Waals surface area contributed by atoms with E-state index in [1.54, 1.807) is 6.92 Å². The minimum absolute atomic E-state index is 0.475. The van der Waals surface area contributed by atoms with Crippen molar-refractivity contribution in [2.24, 2.45) is 0 Å². The predicted octanol–water partition coefficient (Wildman–Crippen LogP) is 0.924. The van der Waals surface area contributed by atoms with Crippen LogP contribution < -0.4 is 0 Å². The van der Waals surface area contributed by atoms with Gasteiger partial charge in [0.25, 0.3) is 0 Å². The van der Waals surface area contributed by atoms with E-state index in [1.807, 2.05) is 0 Å². The van der Waals surface area contributed by atoms with Gasteiger partial charge in [-0.2, -0.15) is 4.39 Å². The van der Waals surface area contributed by atoms with E-state index in [4.69, 9.17) is 0 Å². The monoisotopic (exact) mass is 112 g/mol. The Labute approximate surface area is 46.4 Å². The minimum atomic E-state index is -0.475. The van der Waals surface area contributed by atoms with Gasteiger partial charge in [0.2, 0.25) is 5.95 Å². The van der Waals surface area contributed by atoms with E-state index in [1.165, 1.54) is 12.4 Å². The van der Waals surface area contributed by atoms with Crippen molar-refractivity contribution >= 4 is 0 Å². The third-order valence-electron chi connectivity index (χ3n) is 0.770. The summed E-state index contributed by atoms with van der Waals surface area (Å²) in [5.41, 5.74) is 0.650. The van der Waals surface area contributed by atoms with Gasteiger partial charge in [0.1, 0.15) is 6.33 Å². The van der Waals surface area contributed by atoms with E-state index in [9.17, 15) is 4.39 Å². The van der Waals surface area contributed by atoms with Crippen molar-refractivity contribution in [3.63, 3.8) is 0 Å². The summed E-state index contributed by atoms with van der Waals surface area (Å²) >= 11 is 0. The number of hydrogen-bond donors (Lipinski definition) is 0. The predicted molar refractivity (Wildman–Crippen MR) is 26.7 cm³/mol. The van der Waals surface area contributed by atoms with Crippen molar-refractivity contribution < 1.29 is 4.39 Å². The van der Waals surface area contributed by atoms with E-state index in [-0.39, 0.29) is 0 Å². The lowest BCUT2D eigenvalue weighted by Crippen LogP contribution is -1.85. The third kappa shape index (κ3) is 0.992. The lowest BCUT2D eigenvalue weighted by molar-refractivity contribution is 0.577. The molecule has 0 N–H and O–H groups in total. The van der Waals surface area contributed by atoms with Crippen LogP contribution in [0.25, 0.3) is 0 Å². The molecule has 0 radical (unpaired) electrons. The number of halogens is 1. The van der Waals surface area contributed by atoms with Crippen molar-refractivity contribution in [3.8, 4) is 0 Å². The second-order valence-electron chi connectivity index (χ2n) is 1.48. The summed E-state index contributed by atoms with van der Waals surface area (Å²) < 4.78 is 12.0. The lowest BCUT2D eigenvalue weighted by Gasteiger charge is -1.86. The van der Waals surface area contributed by atoms with Gasteiger partial charge < -0.3 is 0 Å². The van der Waals surface area contributed by atoms with E-state index in [0.29, 0.717) is 5.69 Å². The van der Waals surface area contributed by atoms with Crippen LogP contribution in [0.5, 0.6) is 0 Å². The second-order valence-corrected chi connectivity index (χ2v) is 1.48.